The molecule has 86 valence electrons. The Morgan fingerprint density at radius 1 is 1.40 bits per heavy atom. The number of halogens is 2. The van der Waals surface area contributed by atoms with Crippen molar-refractivity contribution in [2.24, 2.45) is 0 Å². The average Bonchev–Trinajstić information content (AvgIpc) is 2.16. The Morgan fingerprint density at radius 2 is 2.07 bits per heavy atom. The fourth-order valence-corrected chi connectivity index (χ4v) is 3.02. The van der Waals surface area contributed by atoms with Gasteiger partial charge in [-0.05, 0) is 19.4 Å². The molecule has 0 aromatic carbocycles. The van der Waals surface area contributed by atoms with Gasteiger partial charge in [-0.3, -0.25) is 0 Å². The molecule has 2 rings (SSSR count). The second-order valence-corrected chi connectivity index (χ2v) is 6.46. The summed E-state index contributed by atoms with van der Waals surface area (Å²) in [7, 11) is 0. The number of alkyl halides is 2. The van der Waals surface area contributed by atoms with Gasteiger partial charge < -0.3 is 14.6 Å². The second-order valence-electron chi connectivity index (χ2n) is 4.35. The number of rotatable bonds is 0. The van der Waals surface area contributed by atoms with Crippen LogP contribution in [0.1, 0.15) is 13.8 Å². The van der Waals surface area contributed by atoms with Crippen molar-refractivity contribution in [2.75, 3.05) is 6.61 Å². The van der Waals surface area contributed by atoms with Crippen LogP contribution in [0.4, 0.5) is 0 Å². The third kappa shape index (κ3) is 2.31. The monoisotopic (exact) mass is 340 g/mol. The van der Waals surface area contributed by atoms with E-state index in [0.29, 0.717) is 6.61 Å². The van der Waals surface area contributed by atoms with Crippen molar-refractivity contribution in [3.8, 4) is 0 Å². The van der Waals surface area contributed by atoms with Gasteiger partial charge in [-0.15, -0.1) is 0 Å². The predicted octanol–water partition coefficient (Wildman–Crippen LogP) is 1.97. The molecule has 5 heteroatoms. The van der Waals surface area contributed by atoms with Gasteiger partial charge >= 0.3 is 0 Å². The van der Waals surface area contributed by atoms with Crippen LogP contribution in [0, 0.1) is 0 Å². The lowest BCUT2D eigenvalue weighted by Gasteiger charge is -2.43. The van der Waals surface area contributed by atoms with Gasteiger partial charge in [0, 0.05) is 0 Å². The first-order valence-corrected chi connectivity index (χ1v) is 6.72. The van der Waals surface area contributed by atoms with Crippen LogP contribution in [0.5, 0.6) is 0 Å². The molecular weight excluding hydrogens is 328 g/mol. The predicted molar refractivity (Wildman–Crippen MR) is 64.4 cm³/mol. The molecule has 4 atom stereocenters. The van der Waals surface area contributed by atoms with Gasteiger partial charge in [-0.25, -0.2) is 0 Å². The van der Waals surface area contributed by atoms with E-state index in [2.05, 4.69) is 31.9 Å². The van der Waals surface area contributed by atoms with Gasteiger partial charge in [0.2, 0.25) is 0 Å². The fourth-order valence-electron chi connectivity index (χ4n) is 1.83. The van der Waals surface area contributed by atoms with Gasteiger partial charge in [0.05, 0.1) is 28.5 Å². The summed E-state index contributed by atoms with van der Waals surface area (Å²) >= 11 is 7.02. The molecular formula is C10H14Br2O3. The summed E-state index contributed by atoms with van der Waals surface area (Å²) in [4.78, 5) is 0.0378. The third-order valence-corrected chi connectivity index (χ3v) is 5.54. The first kappa shape index (κ1) is 12.0. The van der Waals surface area contributed by atoms with Gasteiger partial charge in [0.25, 0.3) is 0 Å². The second kappa shape index (κ2) is 4.11. The van der Waals surface area contributed by atoms with Crippen molar-refractivity contribution in [1.29, 1.82) is 0 Å². The smallest absolute Gasteiger partial charge is 0.164 e. The molecule has 1 saturated heterocycles. The first-order chi connectivity index (χ1) is 6.91. The van der Waals surface area contributed by atoms with E-state index < -0.39 is 11.9 Å². The van der Waals surface area contributed by atoms with Crippen LogP contribution in [-0.4, -0.2) is 39.4 Å². The maximum atomic E-state index is 9.75. The lowest BCUT2D eigenvalue weighted by atomic mass is 9.93. The third-order valence-electron chi connectivity index (χ3n) is 2.67. The van der Waals surface area contributed by atoms with E-state index in [9.17, 15) is 5.11 Å². The summed E-state index contributed by atoms with van der Waals surface area (Å²) in [6.45, 7) is 4.33. The summed E-state index contributed by atoms with van der Waals surface area (Å²) in [5.74, 6) is -0.553. The Bertz CT molecular complexity index is 290. The topological polar surface area (TPSA) is 38.7 Å². The first-order valence-electron chi connectivity index (χ1n) is 4.89. The van der Waals surface area contributed by atoms with Gasteiger partial charge in [0.1, 0.15) is 0 Å². The molecule has 1 fully saturated rings. The zero-order chi connectivity index (χ0) is 11.2. The van der Waals surface area contributed by atoms with E-state index in [-0.39, 0.29) is 15.8 Å². The SMILES string of the molecule is CC1(C)OCC2=C[C@H](O)[C@@H](Br)[C@H](Br)C2O1. The highest BCUT2D eigenvalue weighted by Gasteiger charge is 2.43. The van der Waals surface area contributed by atoms with Crippen LogP contribution in [-0.2, 0) is 9.47 Å². The van der Waals surface area contributed by atoms with Crippen molar-refractivity contribution in [3.05, 3.63) is 11.6 Å². The summed E-state index contributed by atoms with van der Waals surface area (Å²) < 4.78 is 11.4. The van der Waals surface area contributed by atoms with Crippen LogP contribution >= 0.6 is 31.9 Å². The molecule has 0 radical (unpaired) electrons. The van der Waals surface area contributed by atoms with E-state index >= 15 is 0 Å². The zero-order valence-electron chi connectivity index (χ0n) is 8.61. The summed E-state index contributed by atoms with van der Waals surface area (Å²) in [6.07, 6.45) is 1.30. The summed E-state index contributed by atoms with van der Waals surface area (Å²) in [6, 6.07) is 0. The largest absolute Gasteiger partial charge is 0.388 e. The molecule has 2 aliphatic rings. The van der Waals surface area contributed by atoms with E-state index in [4.69, 9.17) is 9.47 Å². The van der Waals surface area contributed by atoms with Crippen LogP contribution in [0.2, 0.25) is 0 Å². The molecule has 1 heterocycles. The standard InChI is InChI=1S/C10H14Br2O3/c1-10(2)14-4-5-3-6(13)7(11)8(12)9(5)15-10/h3,6-9,13H,4H2,1-2H3/t6-,7+,8-,9?/m0/s1. The van der Waals surface area contributed by atoms with E-state index in [1.807, 2.05) is 19.9 Å². The van der Waals surface area contributed by atoms with Crippen molar-refractivity contribution >= 4 is 31.9 Å². The number of aliphatic hydroxyl groups excluding tert-OH is 1. The van der Waals surface area contributed by atoms with Gasteiger partial charge in [0.15, 0.2) is 5.79 Å². The minimum atomic E-state index is -0.553. The van der Waals surface area contributed by atoms with E-state index in [0.717, 1.165) is 5.57 Å². The lowest BCUT2D eigenvalue weighted by molar-refractivity contribution is -0.253. The van der Waals surface area contributed by atoms with Gasteiger partial charge in [-0.2, -0.15) is 0 Å². The van der Waals surface area contributed by atoms with Crippen molar-refractivity contribution in [2.45, 2.75) is 41.5 Å². The van der Waals surface area contributed by atoms with E-state index in [1.165, 1.54) is 0 Å². The maximum absolute atomic E-state index is 9.75. The molecule has 0 amide bonds. The molecule has 0 aromatic heterocycles. The molecule has 1 N–H and O–H groups in total. The Labute approximate surface area is 106 Å². The molecule has 0 aromatic rings. The molecule has 0 spiro atoms. The highest BCUT2D eigenvalue weighted by atomic mass is 79.9. The normalized spacial score (nSPS) is 44.5. The minimum absolute atomic E-state index is 0.0264. The molecule has 1 unspecified atom stereocenters. The van der Waals surface area contributed by atoms with E-state index in [1.54, 1.807) is 0 Å². The molecule has 15 heavy (non-hydrogen) atoms. The highest BCUT2D eigenvalue weighted by Crippen LogP contribution is 2.38. The van der Waals surface area contributed by atoms with Crippen molar-refractivity contribution < 1.29 is 14.6 Å². The van der Waals surface area contributed by atoms with Gasteiger partial charge in [-0.1, -0.05) is 37.9 Å². The van der Waals surface area contributed by atoms with Crippen LogP contribution < -0.4 is 0 Å². The van der Waals surface area contributed by atoms with Crippen LogP contribution in [0.3, 0.4) is 0 Å². The fraction of sp³-hybridized carbons (Fsp3) is 0.800. The van der Waals surface area contributed by atoms with Crippen molar-refractivity contribution in [3.63, 3.8) is 0 Å². The molecule has 1 aliphatic heterocycles. The van der Waals surface area contributed by atoms with Crippen molar-refractivity contribution in [1.82, 2.24) is 0 Å². The summed E-state index contributed by atoms with van der Waals surface area (Å²) in [5.41, 5.74) is 1.01. The maximum Gasteiger partial charge on any atom is 0.164 e. The number of hydrogen-bond donors (Lipinski definition) is 1. The molecule has 0 bridgehead atoms. The number of aliphatic hydroxyl groups is 1. The number of fused-ring (bicyclic) bond motifs is 1. The van der Waals surface area contributed by atoms with Crippen LogP contribution in [0.15, 0.2) is 11.6 Å². The number of hydrogen-bond acceptors (Lipinski definition) is 3. The molecule has 1 aliphatic carbocycles. The average molecular weight is 342 g/mol. The summed E-state index contributed by atoms with van der Waals surface area (Å²) in [5, 5.41) is 9.75. The quantitative estimate of drug-likeness (QED) is 0.541. The Hall–Kier alpha value is 0.580. The van der Waals surface area contributed by atoms with Crippen LogP contribution in [0.25, 0.3) is 0 Å². The Balaban J connectivity index is 2.24. The zero-order valence-corrected chi connectivity index (χ0v) is 11.8. The molecule has 3 nitrogen and oxygen atoms in total. The Morgan fingerprint density at radius 3 is 2.73 bits per heavy atom. The lowest BCUT2D eigenvalue weighted by Crippen LogP contribution is -2.51. The highest BCUT2D eigenvalue weighted by molar-refractivity contribution is 9.12. The minimum Gasteiger partial charge on any atom is -0.388 e. The number of ether oxygens (including phenoxy) is 2. The Kier molecular flexibility index (Phi) is 3.30. The molecule has 0 saturated carbocycles.